The van der Waals surface area contributed by atoms with Gasteiger partial charge in [0, 0.05) is 12.4 Å². The van der Waals surface area contributed by atoms with Gasteiger partial charge in [-0.05, 0) is 17.4 Å². The zero-order valence-electron chi connectivity index (χ0n) is 9.12. The molecule has 0 aliphatic rings. The largest absolute Gasteiger partial charge is 0.388 e. The Morgan fingerprint density at radius 3 is 2.29 bits per heavy atom. The number of aliphatic hydroxyl groups excluding tert-OH is 1. The van der Waals surface area contributed by atoms with E-state index in [1.165, 1.54) is 0 Å². The van der Waals surface area contributed by atoms with Gasteiger partial charge in [-0.3, -0.25) is 0 Å². The molecule has 0 spiro atoms. The Bertz CT molecular complexity index is 280. The molecule has 3 heteroatoms. The van der Waals surface area contributed by atoms with Crippen LogP contribution in [0, 0.1) is 0 Å². The van der Waals surface area contributed by atoms with Gasteiger partial charge < -0.3 is 5.11 Å². The maximum Gasteiger partial charge on any atom is 0.153 e. The summed E-state index contributed by atoms with van der Waals surface area (Å²) in [7, 11) is 0. The van der Waals surface area contributed by atoms with Crippen LogP contribution in [0.4, 0.5) is 0 Å². The van der Waals surface area contributed by atoms with Crippen molar-refractivity contribution in [3.63, 3.8) is 0 Å². The van der Waals surface area contributed by atoms with Crippen LogP contribution in [0.5, 0.6) is 0 Å². The molecule has 78 valence electrons. The number of hydrogen-bond acceptors (Lipinski definition) is 3. The number of aliphatic hydroxyl groups is 1. The molecule has 0 bridgehead atoms. The maximum atomic E-state index is 8.81. The molecule has 0 aliphatic carbocycles. The summed E-state index contributed by atoms with van der Waals surface area (Å²) in [6.07, 6.45) is 5.89. The van der Waals surface area contributed by atoms with Gasteiger partial charge in [0.1, 0.15) is 6.61 Å². The van der Waals surface area contributed by atoms with Gasteiger partial charge in [-0.25, -0.2) is 9.97 Å². The number of aromatic nitrogens is 2. The predicted molar refractivity (Wildman–Crippen MR) is 55.9 cm³/mol. The fraction of sp³-hybridized carbons (Fsp3) is 0.636. The second-order valence-corrected chi connectivity index (χ2v) is 4.18. The monoisotopic (exact) mass is 194 g/mol. The molecule has 1 rings (SSSR count). The second kappa shape index (κ2) is 4.51. The lowest BCUT2D eigenvalue weighted by Gasteiger charge is -2.23. The van der Waals surface area contributed by atoms with E-state index in [4.69, 9.17) is 5.11 Å². The first-order chi connectivity index (χ1) is 6.60. The summed E-state index contributed by atoms with van der Waals surface area (Å²) >= 11 is 0. The van der Waals surface area contributed by atoms with Crippen LogP contribution in [0.3, 0.4) is 0 Å². The average molecular weight is 194 g/mol. The third-order valence-electron chi connectivity index (χ3n) is 2.50. The van der Waals surface area contributed by atoms with Crippen LogP contribution < -0.4 is 0 Å². The lowest BCUT2D eigenvalue weighted by molar-refractivity contribution is 0.271. The summed E-state index contributed by atoms with van der Waals surface area (Å²) in [6.45, 7) is 6.46. The van der Waals surface area contributed by atoms with Gasteiger partial charge in [0.2, 0.25) is 0 Å². The molecule has 0 radical (unpaired) electrons. The third-order valence-corrected chi connectivity index (χ3v) is 2.50. The number of hydrogen-bond donors (Lipinski definition) is 1. The van der Waals surface area contributed by atoms with Gasteiger partial charge in [0.15, 0.2) is 5.82 Å². The summed E-state index contributed by atoms with van der Waals surface area (Å²) in [4.78, 5) is 8.17. The van der Waals surface area contributed by atoms with Gasteiger partial charge >= 0.3 is 0 Å². The highest BCUT2D eigenvalue weighted by atomic mass is 16.3. The predicted octanol–water partition coefficient (Wildman–Crippen LogP) is 2.05. The minimum Gasteiger partial charge on any atom is -0.388 e. The molecule has 0 saturated carbocycles. The summed E-state index contributed by atoms with van der Waals surface area (Å²) in [5.74, 6) is 0.487. The van der Waals surface area contributed by atoms with Crippen molar-refractivity contribution in [1.82, 2.24) is 9.97 Å². The summed E-state index contributed by atoms with van der Waals surface area (Å²) in [6, 6.07) is 0. The van der Waals surface area contributed by atoms with Crippen LogP contribution in [0.2, 0.25) is 0 Å². The molecule has 3 nitrogen and oxygen atoms in total. The average Bonchev–Trinajstić information content (AvgIpc) is 2.18. The Hall–Kier alpha value is -0.960. The van der Waals surface area contributed by atoms with Gasteiger partial charge in [-0.15, -0.1) is 0 Å². The van der Waals surface area contributed by atoms with Crippen molar-refractivity contribution in [3.8, 4) is 0 Å². The van der Waals surface area contributed by atoms with Gasteiger partial charge in [0.05, 0.1) is 0 Å². The molecule has 14 heavy (non-hydrogen) atoms. The van der Waals surface area contributed by atoms with Crippen molar-refractivity contribution in [2.24, 2.45) is 0 Å². The summed E-state index contributed by atoms with van der Waals surface area (Å²) in [5, 5.41) is 8.81. The van der Waals surface area contributed by atoms with Crippen LogP contribution in [0.1, 0.15) is 45.0 Å². The lowest BCUT2D eigenvalue weighted by atomic mass is 9.82. The van der Waals surface area contributed by atoms with E-state index in [-0.39, 0.29) is 12.0 Å². The first kappa shape index (κ1) is 11.1. The van der Waals surface area contributed by atoms with E-state index in [1.807, 2.05) is 12.4 Å². The van der Waals surface area contributed by atoms with Crippen LogP contribution in [0.15, 0.2) is 12.4 Å². The molecule has 0 atom stereocenters. The van der Waals surface area contributed by atoms with E-state index in [9.17, 15) is 0 Å². The van der Waals surface area contributed by atoms with Gasteiger partial charge in [-0.2, -0.15) is 0 Å². The zero-order chi connectivity index (χ0) is 10.6. The molecule has 0 fully saturated rings. The van der Waals surface area contributed by atoms with Crippen LogP contribution in [0.25, 0.3) is 0 Å². The van der Waals surface area contributed by atoms with Gasteiger partial charge in [0.25, 0.3) is 0 Å². The fourth-order valence-corrected chi connectivity index (χ4v) is 1.56. The Labute approximate surface area is 85.2 Å². The van der Waals surface area contributed by atoms with Crippen molar-refractivity contribution in [2.45, 2.75) is 45.6 Å². The first-order valence-corrected chi connectivity index (χ1v) is 5.02. The summed E-state index contributed by atoms with van der Waals surface area (Å²) in [5.41, 5.74) is 1.26. The van der Waals surface area contributed by atoms with Crippen LogP contribution in [-0.4, -0.2) is 15.1 Å². The molecule has 1 aromatic rings. The third kappa shape index (κ3) is 2.51. The molecule has 0 aromatic carbocycles. The normalized spacial score (nSPS) is 11.7. The molecular formula is C11H18N2O. The smallest absolute Gasteiger partial charge is 0.153 e. The van der Waals surface area contributed by atoms with E-state index < -0.39 is 0 Å². The van der Waals surface area contributed by atoms with Crippen LogP contribution in [-0.2, 0) is 12.0 Å². The van der Waals surface area contributed by atoms with Crippen molar-refractivity contribution < 1.29 is 5.11 Å². The highest BCUT2D eigenvalue weighted by Gasteiger charge is 2.19. The Morgan fingerprint density at radius 2 is 1.86 bits per heavy atom. The Kier molecular flexibility index (Phi) is 3.58. The summed E-state index contributed by atoms with van der Waals surface area (Å²) < 4.78 is 0. The molecule has 0 saturated heterocycles. The minimum atomic E-state index is -0.0888. The number of rotatable bonds is 4. The molecule has 1 aromatic heterocycles. The highest BCUT2D eigenvalue weighted by Crippen LogP contribution is 2.26. The quantitative estimate of drug-likeness (QED) is 0.797. The maximum absolute atomic E-state index is 8.81. The van der Waals surface area contributed by atoms with E-state index in [0.717, 1.165) is 18.4 Å². The Balaban J connectivity index is 2.85. The fourth-order valence-electron chi connectivity index (χ4n) is 1.56. The SMILES string of the molecule is CCCC(C)(C)c1cnc(CO)nc1. The van der Waals surface area contributed by atoms with Crippen molar-refractivity contribution >= 4 is 0 Å². The molecule has 0 unspecified atom stereocenters. The van der Waals surface area contributed by atoms with Gasteiger partial charge in [-0.1, -0.05) is 27.2 Å². The topological polar surface area (TPSA) is 46.0 Å². The Morgan fingerprint density at radius 1 is 1.29 bits per heavy atom. The van der Waals surface area contributed by atoms with Crippen molar-refractivity contribution in [2.75, 3.05) is 0 Å². The van der Waals surface area contributed by atoms with E-state index in [2.05, 4.69) is 30.7 Å². The van der Waals surface area contributed by atoms with E-state index in [1.54, 1.807) is 0 Å². The standard InChI is InChI=1S/C11H18N2O/c1-4-5-11(2,3)9-6-12-10(8-14)13-7-9/h6-7,14H,4-5,8H2,1-3H3. The van der Waals surface area contributed by atoms with E-state index in [0.29, 0.717) is 5.82 Å². The van der Waals surface area contributed by atoms with E-state index >= 15 is 0 Å². The molecule has 1 heterocycles. The lowest BCUT2D eigenvalue weighted by Crippen LogP contribution is -2.17. The number of nitrogens with zero attached hydrogens (tertiary/aromatic N) is 2. The highest BCUT2D eigenvalue weighted by molar-refractivity contribution is 5.16. The van der Waals surface area contributed by atoms with Crippen molar-refractivity contribution in [3.05, 3.63) is 23.8 Å². The molecule has 0 aliphatic heterocycles. The molecule has 0 amide bonds. The van der Waals surface area contributed by atoms with Crippen molar-refractivity contribution in [1.29, 1.82) is 0 Å². The minimum absolute atomic E-state index is 0.0888. The molecule has 1 N–H and O–H groups in total. The van der Waals surface area contributed by atoms with Crippen LogP contribution >= 0.6 is 0 Å². The first-order valence-electron chi connectivity index (χ1n) is 5.02. The zero-order valence-corrected chi connectivity index (χ0v) is 9.12. The molecular weight excluding hydrogens is 176 g/mol. The second-order valence-electron chi connectivity index (χ2n) is 4.18.